The van der Waals surface area contributed by atoms with Crippen LogP contribution in [0.5, 0.6) is 0 Å². The van der Waals surface area contributed by atoms with Crippen LogP contribution in [0, 0.1) is 0 Å². The van der Waals surface area contributed by atoms with E-state index in [-0.39, 0.29) is 17.9 Å². The van der Waals surface area contributed by atoms with Crippen LogP contribution in [-0.2, 0) is 22.4 Å². The Morgan fingerprint density at radius 2 is 2.00 bits per heavy atom. The summed E-state index contributed by atoms with van der Waals surface area (Å²) >= 11 is 0. The molecule has 0 bridgehead atoms. The number of nitrogens with zero attached hydrogens (tertiary/aromatic N) is 2. The Hall–Kier alpha value is -2.69. The standard InChI is InChI=1S/C23H29N3O2/c1-2-16-26(20-12-6-10-19-11-7-14-25-23(19)20)22(28)13-15-24-21(27)17-18-8-4-3-5-9-18/h3-5,7-9,11,14,20H,2,6,10,12-13,15-17H2,1H3,(H,24,27)/t20-/m1/s1. The zero-order valence-electron chi connectivity index (χ0n) is 16.6. The Kier molecular flexibility index (Phi) is 7.18. The molecule has 0 radical (unpaired) electrons. The van der Waals surface area contributed by atoms with Gasteiger partial charge in [0, 0.05) is 25.7 Å². The van der Waals surface area contributed by atoms with Crippen LogP contribution >= 0.6 is 0 Å². The molecule has 1 aliphatic rings. The number of benzene rings is 1. The number of aromatic nitrogens is 1. The topological polar surface area (TPSA) is 62.3 Å². The number of rotatable bonds is 8. The van der Waals surface area contributed by atoms with Crippen molar-refractivity contribution in [3.63, 3.8) is 0 Å². The van der Waals surface area contributed by atoms with E-state index in [2.05, 4.69) is 23.3 Å². The van der Waals surface area contributed by atoms with Gasteiger partial charge in [-0.25, -0.2) is 0 Å². The van der Waals surface area contributed by atoms with Crippen LogP contribution in [0.1, 0.15) is 55.5 Å². The van der Waals surface area contributed by atoms with Crippen LogP contribution in [0.3, 0.4) is 0 Å². The molecule has 1 aliphatic carbocycles. The van der Waals surface area contributed by atoms with E-state index in [1.165, 1.54) is 5.56 Å². The molecule has 2 aromatic rings. The van der Waals surface area contributed by atoms with Crippen molar-refractivity contribution < 1.29 is 9.59 Å². The Balaban J connectivity index is 1.56. The van der Waals surface area contributed by atoms with E-state index in [1.54, 1.807) is 0 Å². The first-order valence-electron chi connectivity index (χ1n) is 10.2. The van der Waals surface area contributed by atoms with E-state index in [0.717, 1.165) is 43.5 Å². The number of nitrogens with one attached hydrogen (secondary N) is 1. The first kappa shape index (κ1) is 20.1. The van der Waals surface area contributed by atoms with Gasteiger partial charge in [-0.3, -0.25) is 14.6 Å². The number of hydrogen-bond acceptors (Lipinski definition) is 3. The Bertz CT molecular complexity index is 791. The quantitative estimate of drug-likeness (QED) is 0.764. The van der Waals surface area contributed by atoms with Crippen molar-refractivity contribution in [1.82, 2.24) is 15.2 Å². The molecule has 1 N–H and O–H groups in total. The minimum atomic E-state index is -0.0503. The monoisotopic (exact) mass is 379 g/mol. The first-order valence-corrected chi connectivity index (χ1v) is 10.2. The molecule has 1 atom stereocenters. The summed E-state index contributed by atoms with van der Waals surface area (Å²) in [5.41, 5.74) is 3.27. The molecule has 0 fully saturated rings. The maximum atomic E-state index is 12.9. The molecule has 2 amide bonds. The van der Waals surface area contributed by atoms with Gasteiger partial charge in [0.25, 0.3) is 0 Å². The van der Waals surface area contributed by atoms with Crippen molar-refractivity contribution in [3.8, 4) is 0 Å². The highest BCUT2D eigenvalue weighted by Gasteiger charge is 2.29. The molecule has 1 aromatic heterocycles. The Labute approximate surface area is 167 Å². The van der Waals surface area contributed by atoms with E-state index < -0.39 is 0 Å². The second-order valence-electron chi connectivity index (χ2n) is 7.31. The van der Waals surface area contributed by atoms with Gasteiger partial charge >= 0.3 is 0 Å². The van der Waals surface area contributed by atoms with Crippen molar-refractivity contribution in [3.05, 3.63) is 65.5 Å². The van der Waals surface area contributed by atoms with Crippen molar-refractivity contribution >= 4 is 11.8 Å². The summed E-state index contributed by atoms with van der Waals surface area (Å²) in [4.78, 5) is 31.6. The molecule has 0 spiro atoms. The molecule has 0 unspecified atom stereocenters. The van der Waals surface area contributed by atoms with Crippen LogP contribution in [-0.4, -0.2) is 34.8 Å². The summed E-state index contributed by atoms with van der Waals surface area (Å²) < 4.78 is 0. The minimum absolute atomic E-state index is 0.0503. The van der Waals surface area contributed by atoms with Crippen LogP contribution in [0.4, 0.5) is 0 Å². The van der Waals surface area contributed by atoms with Crippen molar-refractivity contribution in [1.29, 1.82) is 0 Å². The maximum Gasteiger partial charge on any atom is 0.224 e. The lowest BCUT2D eigenvalue weighted by Crippen LogP contribution is -2.39. The molecule has 148 valence electrons. The highest BCUT2D eigenvalue weighted by Crippen LogP contribution is 2.33. The van der Waals surface area contributed by atoms with Crippen LogP contribution in [0.25, 0.3) is 0 Å². The highest BCUT2D eigenvalue weighted by atomic mass is 16.2. The molecule has 5 heteroatoms. The smallest absolute Gasteiger partial charge is 0.224 e. The second kappa shape index (κ2) is 10.0. The number of pyridine rings is 1. The van der Waals surface area contributed by atoms with E-state index in [4.69, 9.17) is 0 Å². The van der Waals surface area contributed by atoms with Crippen molar-refractivity contribution in [2.24, 2.45) is 0 Å². The average Bonchev–Trinajstić information content (AvgIpc) is 2.72. The van der Waals surface area contributed by atoms with Crippen LogP contribution in [0.15, 0.2) is 48.7 Å². The van der Waals surface area contributed by atoms with Crippen LogP contribution in [0.2, 0.25) is 0 Å². The summed E-state index contributed by atoms with van der Waals surface area (Å²) in [7, 11) is 0. The zero-order valence-corrected chi connectivity index (χ0v) is 16.6. The molecule has 28 heavy (non-hydrogen) atoms. The van der Waals surface area contributed by atoms with Gasteiger partial charge in [0.05, 0.1) is 18.2 Å². The lowest BCUT2D eigenvalue weighted by atomic mass is 9.90. The Morgan fingerprint density at radius 1 is 1.18 bits per heavy atom. The molecule has 1 aromatic carbocycles. The predicted molar refractivity (Wildman–Crippen MR) is 110 cm³/mol. The third-order valence-electron chi connectivity index (χ3n) is 5.20. The summed E-state index contributed by atoms with van der Waals surface area (Å²) in [5.74, 6) is 0.0380. The molecule has 3 rings (SSSR count). The third kappa shape index (κ3) is 5.18. The number of aryl methyl sites for hydroxylation is 1. The van der Waals surface area contributed by atoms with Gasteiger partial charge in [0.1, 0.15) is 0 Å². The lowest BCUT2D eigenvalue weighted by Gasteiger charge is -2.35. The lowest BCUT2D eigenvalue weighted by molar-refractivity contribution is -0.134. The average molecular weight is 380 g/mol. The Morgan fingerprint density at radius 3 is 2.79 bits per heavy atom. The third-order valence-corrected chi connectivity index (χ3v) is 5.20. The molecule has 0 aliphatic heterocycles. The van der Waals surface area contributed by atoms with Gasteiger partial charge in [-0.05, 0) is 42.9 Å². The van der Waals surface area contributed by atoms with E-state index >= 15 is 0 Å². The normalized spacial score (nSPS) is 15.5. The largest absolute Gasteiger partial charge is 0.355 e. The first-order chi connectivity index (χ1) is 13.7. The molecule has 1 heterocycles. The fraction of sp³-hybridized carbons (Fsp3) is 0.435. The summed E-state index contributed by atoms with van der Waals surface area (Å²) in [6.45, 7) is 3.17. The fourth-order valence-electron chi connectivity index (χ4n) is 3.88. The van der Waals surface area contributed by atoms with Crippen molar-refractivity contribution in [2.45, 2.75) is 51.5 Å². The fourth-order valence-corrected chi connectivity index (χ4v) is 3.88. The molecular weight excluding hydrogens is 350 g/mol. The maximum absolute atomic E-state index is 12.9. The summed E-state index contributed by atoms with van der Waals surface area (Å²) in [6.07, 6.45) is 6.44. The van der Waals surface area contributed by atoms with E-state index in [1.807, 2.05) is 47.5 Å². The predicted octanol–water partition coefficient (Wildman–Crippen LogP) is 3.45. The molecular formula is C23H29N3O2. The van der Waals surface area contributed by atoms with Gasteiger partial charge in [-0.2, -0.15) is 0 Å². The summed E-state index contributed by atoms with van der Waals surface area (Å²) in [5, 5.41) is 2.88. The number of carbonyl (C=O) groups excluding carboxylic acids is 2. The van der Waals surface area contributed by atoms with Gasteiger partial charge in [0.2, 0.25) is 11.8 Å². The van der Waals surface area contributed by atoms with E-state index in [9.17, 15) is 9.59 Å². The van der Waals surface area contributed by atoms with Gasteiger partial charge < -0.3 is 10.2 Å². The zero-order chi connectivity index (χ0) is 19.8. The minimum Gasteiger partial charge on any atom is -0.355 e. The second-order valence-corrected chi connectivity index (χ2v) is 7.31. The van der Waals surface area contributed by atoms with E-state index in [0.29, 0.717) is 19.4 Å². The molecule has 0 saturated heterocycles. The highest BCUT2D eigenvalue weighted by molar-refractivity contribution is 5.80. The number of amides is 2. The van der Waals surface area contributed by atoms with Gasteiger partial charge in [0.15, 0.2) is 0 Å². The number of fused-ring (bicyclic) bond motifs is 1. The SMILES string of the molecule is CCCN(C(=O)CCNC(=O)Cc1ccccc1)[C@@H]1CCCc2cccnc21. The van der Waals surface area contributed by atoms with Crippen LogP contribution < -0.4 is 5.32 Å². The number of hydrogen-bond donors (Lipinski definition) is 1. The summed E-state index contributed by atoms with van der Waals surface area (Å²) in [6, 6.07) is 13.8. The van der Waals surface area contributed by atoms with Crippen molar-refractivity contribution in [2.75, 3.05) is 13.1 Å². The number of carbonyl (C=O) groups is 2. The molecule has 5 nitrogen and oxygen atoms in total. The van der Waals surface area contributed by atoms with Gasteiger partial charge in [-0.15, -0.1) is 0 Å². The van der Waals surface area contributed by atoms with Gasteiger partial charge in [-0.1, -0.05) is 43.3 Å². The molecule has 0 saturated carbocycles.